The molecule has 0 aliphatic carbocycles. The van der Waals surface area contributed by atoms with Crippen molar-refractivity contribution in [3.05, 3.63) is 71.2 Å². The molecule has 0 radical (unpaired) electrons. The van der Waals surface area contributed by atoms with Crippen LogP contribution in [0, 0.1) is 6.92 Å². The minimum absolute atomic E-state index is 0.401. The van der Waals surface area contributed by atoms with Crippen LogP contribution in [0.25, 0.3) is 15.9 Å². The van der Waals surface area contributed by atoms with E-state index >= 15 is 0 Å². The number of para-hydroxylation sites is 3. The molecule has 4 aromatic rings. The van der Waals surface area contributed by atoms with Crippen LogP contribution in [0.1, 0.15) is 22.3 Å². The Morgan fingerprint density at radius 1 is 1.07 bits per heavy atom. The number of carbonyl (C=O) groups excluding carboxylic acids is 1. The Hall–Kier alpha value is -3.12. The monoisotopic (exact) mass is 378 g/mol. The molecule has 0 unspecified atom stereocenters. The van der Waals surface area contributed by atoms with E-state index < -0.39 is 5.97 Å². The molecular formula is C21H18N2O3S. The van der Waals surface area contributed by atoms with Gasteiger partial charge < -0.3 is 9.47 Å². The van der Waals surface area contributed by atoms with Crippen LogP contribution in [0.5, 0.6) is 11.5 Å². The minimum atomic E-state index is -0.401. The number of rotatable bonds is 5. The molecule has 0 aliphatic rings. The normalized spacial score (nSPS) is 10.9. The second kappa shape index (κ2) is 7.25. The largest absolute Gasteiger partial charge is 0.490 e. The summed E-state index contributed by atoms with van der Waals surface area (Å²) < 4.78 is 13.0. The molecule has 4 rings (SSSR count). The van der Waals surface area contributed by atoms with Crippen LogP contribution in [0.3, 0.4) is 0 Å². The molecule has 0 N–H and O–H groups in total. The van der Waals surface area contributed by atoms with E-state index in [1.165, 1.54) is 11.3 Å². The highest BCUT2D eigenvalue weighted by molar-refractivity contribution is 7.20. The molecule has 6 heteroatoms. The third kappa shape index (κ3) is 3.31. The number of aryl methyl sites for hydroxylation is 1. The second-order valence-corrected chi connectivity index (χ2v) is 6.96. The van der Waals surface area contributed by atoms with Crippen molar-refractivity contribution in [2.75, 3.05) is 6.61 Å². The Bertz CT molecular complexity index is 1100. The fourth-order valence-electron chi connectivity index (χ4n) is 2.85. The van der Waals surface area contributed by atoms with Gasteiger partial charge in [0.2, 0.25) is 0 Å². The number of benzene rings is 2. The number of nitrogens with zero attached hydrogens (tertiary/aromatic N) is 2. The van der Waals surface area contributed by atoms with Crippen molar-refractivity contribution in [2.45, 2.75) is 13.8 Å². The van der Waals surface area contributed by atoms with E-state index in [4.69, 9.17) is 9.47 Å². The standard InChI is InChI=1S/C21H18N2O3S/c1-3-25-17-11-7-8-12-18(17)26-21(24)19-13-16-14(2)22-23(20(16)27-19)15-9-5-4-6-10-15/h4-13H,3H2,1-2H3. The number of aromatic nitrogens is 2. The lowest BCUT2D eigenvalue weighted by molar-refractivity contribution is 0.0733. The van der Waals surface area contributed by atoms with Gasteiger partial charge in [0.25, 0.3) is 0 Å². The molecule has 27 heavy (non-hydrogen) atoms. The van der Waals surface area contributed by atoms with Gasteiger partial charge in [0.15, 0.2) is 11.5 Å². The predicted octanol–water partition coefficient (Wildman–Crippen LogP) is 5.01. The number of hydrogen-bond acceptors (Lipinski definition) is 5. The van der Waals surface area contributed by atoms with Crippen molar-refractivity contribution in [3.8, 4) is 17.2 Å². The summed E-state index contributed by atoms with van der Waals surface area (Å²) in [4.78, 5) is 14.1. The zero-order chi connectivity index (χ0) is 18.8. The number of carbonyl (C=O) groups is 1. The smallest absolute Gasteiger partial charge is 0.353 e. The number of hydrogen-bond donors (Lipinski definition) is 0. The van der Waals surface area contributed by atoms with Gasteiger partial charge >= 0.3 is 5.97 Å². The highest BCUT2D eigenvalue weighted by Gasteiger charge is 2.19. The predicted molar refractivity (Wildman–Crippen MR) is 106 cm³/mol. The van der Waals surface area contributed by atoms with Gasteiger partial charge in [-0.3, -0.25) is 0 Å². The van der Waals surface area contributed by atoms with E-state index in [1.54, 1.807) is 12.1 Å². The molecule has 2 heterocycles. The molecule has 0 saturated heterocycles. The topological polar surface area (TPSA) is 53.4 Å². The summed E-state index contributed by atoms with van der Waals surface area (Å²) in [5.74, 6) is 0.576. The summed E-state index contributed by atoms with van der Waals surface area (Å²) in [6.07, 6.45) is 0. The highest BCUT2D eigenvalue weighted by Crippen LogP contribution is 2.32. The quantitative estimate of drug-likeness (QED) is 0.362. The van der Waals surface area contributed by atoms with Crippen LogP contribution in [0.2, 0.25) is 0 Å². The van der Waals surface area contributed by atoms with Crippen molar-refractivity contribution in [1.82, 2.24) is 9.78 Å². The lowest BCUT2D eigenvalue weighted by atomic mass is 10.3. The molecule has 0 bridgehead atoms. The van der Waals surface area contributed by atoms with Gasteiger partial charge in [0, 0.05) is 5.39 Å². The fraction of sp³-hybridized carbons (Fsp3) is 0.143. The average Bonchev–Trinajstić information content (AvgIpc) is 3.25. The van der Waals surface area contributed by atoms with E-state index in [0.29, 0.717) is 23.0 Å². The number of thiophene rings is 1. The lowest BCUT2D eigenvalue weighted by Gasteiger charge is -2.09. The molecule has 0 amide bonds. The first-order chi connectivity index (χ1) is 13.2. The Morgan fingerprint density at radius 2 is 1.78 bits per heavy atom. The van der Waals surface area contributed by atoms with Gasteiger partial charge in [0.05, 0.1) is 18.0 Å². The molecule has 2 aromatic carbocycles. The van der Waals surface area contributed by atoms with Crippen molar-refractivity contribution < 1.29 is 14.3 Å². The molecule has 5 nitrogen and oxygen atoms in total. The Morgan fingerprint density at radius 3 is 2.52 bits per heavy atom. The zero-order valence-corrected chi connectivity index (χ0v) is 15.8. The van der Waals surface area contributed by atoms with Crippen LogP contribution in [-0.4, -0.2) is 22.4 Å². The first kappa shape index (κ1) is 17.3. The maximum absolute atomic E-state index is 12.7. The summed E-state index contributed by atoms with van der Waals surface area (Å²) in [6.45, 7) is 4.33. The van der Waals surface area contributed by atoms with Crippen LogP contribution < -0.4 is 9.47 Å². The van der Waals surface area contributed by atoms with E-state index in [9.17, 15) is 4.79 Å². The van der Waals surface area contributed by atoms with Gasteiger partial charge in [-0.15, -0.1) is 11.3 Å². The minimum Gasteiger partial charge on any atom is -0.490 e. The summed E-state index contributed by atoms with van der Waals surface area (Å²) in [5, 5.41) is 5.55. The van der Waals surface area contributed by atoms with Gasteiger partial charge in [-0.1, -0.05) is 30.3 Å². The number of fused-ring (bicyclic) bond motifs is 1. The molecule has 0 aliphatic heterocycles. The summed E-state index contributed by atoms with van der Waals surface area (Å²) in [6, 6.07) is 18.9. The van der Waals surface area contributed by atoms with Crippen molar-refractivity contribution in [3.63, 3.8) is 0 Å². The van der Waals surface area contributed by atoms with E-state index in [-0.39, 0.29) is 0 Å². The SMILES string of the molecule is CCOc1ccccc1OC(=O)c1cc2c(C)nn(-c3ccccc3)c2s1. The molecular weight excluding hydrogens is 360 g/mol. The summed E-state index contributed by atoms with van der Waals surface area (Å²) >= 11 is 1.37. The number of ether oxygens (including phenoxy) is 2. The lowest BCUT2D eigenvalue weighted by Crippen LogP contribution is -2.08. The average molecular weight is 378 g/mol. The summed E-state index contributed by atoms with van der Waals surface area (Å²) in [5.41, 5.74) is 1.83. The second-order valence-electron chi connectivity index (χ2n) is 5.93. The molecule has 2 aromatic heterocycles. The molecule has 0 saturated carbocycles. The fourth-order valence-corrected chi connectivity index (χ4v) is 3.91. The van der Waals surface area contributed by atoms with Crippen molar-refractivity contribution >= 4 is 27.5 Å². The summed E-state index contributed by atoms with van der Waals surface area (Å²) in [7, 11) is 0. The van der Waals surface area contributed by atoms with Crippen LogP contribution in [0.4, 0.5) is 0 Å². The van der Waals surface area contributed by atoms with Gasteiger partial charge in [0.1, 0.15) is 9.71 Å². The first-order valence-electron chi connectivity index (χ1n) is 8.66. The van der Waals surface area contributed by atoms with Gasteiger partial charge in [-0.2, -0.15) is 5.10 Å². The van der Waals surface area contributed by atoms with Crippen molar-refractivity contribution in [1.29, 1.82) is 0 Å². The van der Waals surface area contributed by atoms with E-state index in [0.717, 1.165) is 21.6 Å². The Kier molecular flexibility index (Phi) is 4.64. The maximum atomic E-state index is 12.7. The Balaban J connectivity index is 1.68. The molecule has 0 fully saturated rings. The third-order valence-corrected chi connectivity index (χ3v) is 5.19. The molecule has 136 valence electrons. The van der Waals surface area contributed by atoms with Gasteiger partial charge in [-0.05, 0) is 44.2 Å². The highest BCUT2D eigenvalue weighted by atomic mass is 32.1. The van der Waals surface area contributed by atoms with E-state index in [1.807, 2.05) is 67.1 Å². The van der Waals surface area contributed by atoms with Crippen LogP contribution in [-0.2, 0) is 0 Å². The van der Waals surface area contributed by atoms with Crippen LogP contribution in [0.15, 0.2) is 60.7 Å². The molecule has 0 atom stereocenters. The zero-order valence-electron chi connectivity index (χ0n) is 15.0. The van der Waals surface area contributed by atoms with Crippen LogP contribution >= 0.6 is 11.3 Å². The van der Waals surface area contributed by atoms with Crippen molar-refractivity contribution in [2.24, 2.45) is 0 Å². The van der Waals surface area contributed by atoms with Gasteiger partial charge in [-0.25, -0.2) is 9.48 Å². The Labute approximate surface area is 160 Å². The maximum Gasteiger partial charge on any atom is 0.353 e. The first-order valence-corrected chi connectivity index (χ1v) is 9.47. The number of esters is 1. The molecule has 0 spiro atoms. The van der Waals surface area contributed by atoms with E-state index in [2.05, 4.69) is 5.10 Å². The third-order valence-electron chi connectivity index (χ3n) is 4.10.